The summed E-state index contributed by atoms with van der Waals surface area (Å²) in [5.41, 5.74) is 1.75. The first-order valence-corrected chi connectivity index (χ1v) is 12.3. The smallest absolute Gasteiger partial charge is 0.295 e. The van der Waals surface area contributed by atoms with E-state index in [1.165, 1.54) is 11.0 Å². The monoisotopic (exact) mass is 509 g/mol. The van der Waals surface area contributed by atoms with Crippen LogP contribution in [0.2, 0.25) is 0 Å². The number of aliphatic hydroxyl groups is 1. The summed E-state index contributed by atoms with van der Waals surface area (Å²) in [6, 6.07) is 24.0. The Kier molecular flexibility index (Phi) is 6.75. The Hall–Kier alpha value is -4.78. The fourth-order valence-electron chi connectivity index (χ4n) is 4.87. The van der Waals surface area contributed by atoms with E-state index in [-0.39, 0.29) is 29.4 Å². The number of phenols is 1. The van der Waals surface area contributed by atoms with Gasteiger partial charge in [-0.25, -0.2) is 0 Å². The molecule has 1 aliphatic heterocycles. The van der Waals surface area contributed by atoms with Crippen LogP contribution in [0.5, 0.6) is 17.2 Å². The molecule has 0 aliphatic carbocycles. The average Bonchev–Trinajstić information content (AvgIpc) is 3.19. The van der Waals surface area contributed by atoms with Crippen molar-refractivity contribution in [2.24, 2.45) is 0 Å². The highest BCUT2D eigenvalue weighted by Crippen LogP contribution is 2.43. The van der Waals surface area contributed by atoms with Gasteiger partial charge >= 0.3 is 0 Å². The molecule has 0 aromatic heterocycles. The lowest BCUT2D eigenvalue weighted by Crippen LogP contribution is -2.29. The second-order valence-electron chi connectivity index (χ2n) is 8.96. The number of methoxy groups -OCH3 is 1. The van der Waals surface area contributed by atoms with Crippen LogP contribution in [-0.2, 0) is 16.1 Å². The molecule has 192 valence electrons. The molecule has 1 aliphatic rings. The van der Waals surface area contributed by atoms with Crippen molar-refractivity contribution in [3.63, 3.8) is 0 Å². The fourth-order valence-corrected chi connectivity index (χ4v) is 4.87. The number of ether oxygens (including phenoxy) is 2. The van der Waals surface area contributed by atoms with E-state index in [9.17, 15) is 19.8 Å². The number of Topliss-reactive ketones (excluding diaryl/α,β-unsaturated/α-hetero) is 1. The SMILES string of the molecule is CCOc1cc(C2/C(=C(\O)c3cccc4ccccc34)C(=O)C(=O)N2Cc2ccc(OC)cc2)ccc1O. The highest BCUT2D eigenvalue weighted by Gasteiger charge is 2.46. The van der Waals surface area contributed by atoms with Crippen molar-refractivity contribution in [2.45, 2.75) is 19.5 Å². The Morgan fingerprint density at radius 3 is 2.42 bits per heavy atom. The molecule has 7 nitrogen and oxygen atoms in total. The van der Waals surface area contributed by atoms with Crippen molar-refractivity contribution in [2.75, 3.05) is 13.7 Å². The molecule has 1 saturated heterocycles. The number of benzene rings is 4. The van der Waals surface area contributed by atoms with Crippen molar-refractivity contribution < 1.29 is 29.3 Å². The largest absolute Gasteiger partial charge is 0.507 e. The average molecular weight is 510 g/mol. The number of aromatic hydroxyl groups is 1. The summed E-state index contributed by atoms with van der Waals surface area (Å²) >= 11 is 0. The summed E-state index contributed by atoms with van der Waals surface area (Å²) in [5.74, 6) is -0.919. The zero-order valence-electron chi connectivity index (χ0n) is 21.0. The van der Waals surface area contributed by atoms with E-state index in [0.29, 0.717) is 23.5 Å². The Morgan fingerprint density at radius 1 is 0.947 bits per heavy atom. The van der Waals surface area contributed by atoms with Crippen LogP contribution in [0.3, 0.4) is 0 Å². The second kappa shape index (κ2) is 10.3. The predicted octanol–water partition coefficient (Wildman–Crippen LogP) is 5.57. The van der Waals surface area contributed by atoms with E-state index in [1.54, 1.807) is 50.4 Å². The lowest BCUT2D eigenvalue weighted by Gasteiger charge is -2.26. The minimum atomic E-state index is -0.907. The number of aliphatic hydroxyl groups excluding tert-OH is 1. The first-order chi connectivity index (χ1) is 18.4. The maximum absolute atomic E-state index is 13.5. The second-order valence-corrected chi connectivity index (χ2v) is 8.96. The van der Waals surface area contributed by atoms with Crippen molar-refractivity contribution in [1.29, 1.82) is 0 Å². The number of hydrogen-bond donors (Lipinski definition) is 2. The molecule has 1 amide bonds. The van der Waals surface area contributed by atoms with Crippen LogP contribution in [0.15, 0.2) is 90.5 Å². The summed E-state index contributed by atoms with van der Waals surface area (Å²) in [6.45, 7) is 2.23. The van der Waals surface area contributed by atoms with E-state index in [4.69, 9.17) is 9.47 Å². The third-order valence-electron chi connectivity index (χ3n) is 6.70. The molecule has 1 fully saturated rings. The number of amides is 1. The molecule has 0 radical (unpaired) electrons. The molecule has 38 heavy (non-hydrogen) atoms. The van der Waals surface area contributed by atoms with Gasteiger partial charge in [0, 0.05) is 12.1 Å². The van der Waals surface area contributed by atoms with Gasteiger partial charge in [0.15, 0.2) is 11.5 Å². The maximum atomic E-state index is 13.5. The lowest BCUT2D eigenvalue weighted by molar-refractivity contribution is -0.140. The number of fused-ring (bicyclic) bond motifs is 1. The van der Waals surface area contributed by atoms with Gasteiger partial charge in [-0.1, -0.05) is 60.7 Å². The van der Waals surface area contributed by atoms with Crippen LogP contribution in [0.25, 0.3) is 16.5 Å². The summed E-state index contributed by atoms with van der Waals surface area (Å²) in [7, 11) is 1.57. The number of hydrogen-bond acceptors (Lipinski definition) is 6. The standard InChI is InChI=1S/C31H27NO6/c1-3-38-26-17-21(13-16-25(26)33)28-27(29(34)24-10-6-8-20-7-4-5-9-23(20)24)30(35)31(36)32(28)18-19-11-14-22(37-2)15-12-19/h4-17,28,33-34H,3,18H2,1-2H3/b29-27+. The number of ketones is 1. The number of carbonyl (C=O) groups excluding carboxylic acids is 2. The van der Waals surface area contributed by atoms with Crippen LogP contribution >= 0.6 is 0 Å². The molecular formula is C31H27NO6. The zero-order valence-corrected chi connectivity index (χ0v) is 21.0. The normalized spacial score (nSPS) is 16.7. The van der Waals surface area contributed by atoms with Gasteiger partial charge in [0.25, 0.3) is 11.7 Å². The quantitative estimate of drug-likeness (QED) is 0.192. The molecule has 1 unspecified atom stereocenters. The van der Waals surface area contributed by atoms with E-state index in [1.807, 2.05) is 42.5 Å². The summed E-state index contributed by atoms with van der Waals surface area (Å²) < 4.78 is 10.8. The van der Waals surface area contributed by atoms with E-state index < -0.39 is 17.7 Å². The zero-order chi connectivity index (χ0) is 26.8. The molecule has 5 rings (SSSR count). The number of rotatable bonds is 7. The van der Waals surface area contributed by atoms with Crippen molar-refractivity contribution in [3.05, 3.63) is 107 Å². The van der Waals surface area contributed by atoms with Gasteiger partial charge in [0.2, 0.25) is 0 Å². The lowest BCUT2D eigenvalue weighted by atomic mass is 9.93. The van der Waals surface area contributed by atoms with Crippen LogP contribution in [0.1, 0.15) is 29.7 Å². The Balaban J connectivity index is 1.69. The highest BCUT2D eigenvalue weighted by molar-refractivity contribution is 6.46. The Bertz CT molecular complexity index is 1550. The van der Waals surface area contributed by atoms with Crippen LogP contribution in [0, 0.1) is 0 Å². The highest BCUT2D eigenvalue weighted by atomic mass is 16.5. The number of nitrogens with zero attached hydrogens (tertiary/aromatic N) is 1. The van der Waals surface area contributed by atoms with Gasteiger partial charge in [-0.2, -0.15) is 0 Å². The summed E-state index contributed by atoms with van der Waals surface area (Å²) in [6.07, 6.45) is 0. The molecular weight excluding hydrogens is 482 g/mol. The number of phenolic OH excluding ortho intramolecular Hbond substituents is 1. The van der Waals surface area contributed by atoms with Crippen molar-refractivity contribution in [1.82, 2.24) is 4.90 Å². The minimum Gasteiger partial charge on any atom is -0.507 e. The molecule has 1 atom stereocenters. The van der Waals surface area contributed by atoms with Gasteiger partial charge < -0.3 is 24.6 Å². The molecule has 0 saturated carbocycles. The Morgan fingerprint density at radius 2 is 1.68 bits per heavy atom. The van der Waals surface area contributed by atoms with Gasteiger partial charge in [0.1, 0.15) is 11.5 Å². The molecule has 2 N–H and O–H groups in total. The van der Waals surface area contributed by atoms with E-state index >= 15 is 0 Å². The topological polar surface area (TPSA) is 96.3 Å². The van der Waals surface area contributed by atoms with E-state index in [2.05, 4.69) is 0 Å². The fraction of sp³-hybridized carbons (Fsp3) is 0.161. The minimum absolute atomic E-state index is 0.0204. The number of carbonyl (C=O) groups is 2. The molecule has 0 spiro atoms. The van der Waals surface area contributed by atoms with Gasteiger partial charge in [0.05, 0.1) is 25.3 Å². The van der Waals surface area contributed by atoms with Crippen molar-refractivity contribution in [3.8, 4) is 17.2 Å². The van der Waals surface area contributed by atoms with E-state index in [0.717, 1.165) is 16.3 Å². The molecule has 0 bridgehead atoms. The third-order valence-corrected chi connectivity index (χ3v) is 6.70. The third kappa shape index (κ3) is 4.43. The predicted molar refractivity (Wildman–Crippen MR) is 144 cm³/mol. The molecule has 7 heteroatoms. The van der Waals surface area contributed by atoms with Crippen LogP contribution < -0.4 is 9.47 Å². The van der Waals surface area contributed by atoms with Crippen LogP contribution in [0.4, 0.5) is 0 Å². The van der Waals surface area contributed by atoms with Gasteiger partial charge in [-0.3, -0.25) is 9.59 Å². The molecule has 4 aromatic rings. The van der Waals surface area contributed by atoms with Gasteiger partial charge in [-0.05, 0) is 53.1 Å². The summed E-state index contributed by atoms with van der Waals surface area (Å²) in [5, 5.41) is 23.5. The Labute approximate surface area is 220 Å². The molecule has 4 aromatic carbocycles. The first kappa shape index (κ1) is 24.9. The number of likely N-dealkylation sites (tertiary alicyclic amines) is 1. The maximum Gasteiger partial charge on any atom is 0.295 e. The van der Waals surface area contributed by atoms with Crippen molar-refractivity contribution >= 4 is 28.2 Å². The summed E-state index contributed by atoms with van der Waals surface area (Å²) in [4.78, 5) is 28.4. The molecule has 1 heterocycles. The van der Waals surface area contributed by atoms with Gasteiger partial charge in [-0.15, -0.1) is 0 Å². The first-order valence-electron chi connectivity index (χ1n) is 12.3. The van der Waals surface area contributed by atoms with Crippen LogP contribution in [-0.4, -0.2) is 40.5 Å².